The first-order valence-corrected chi connectivity index (χ1v) is 8.28. The highest BCUT2D eigenvalue weighted by atomic mass is 127. The number of unbranched alkanes of at least 4 members (excludes halogenated alkanes) is 1. The molecular formula is C15H21IN2O5. The topological polar surface area (TPSA) is 102 Å². The largest absolute Gasteiger partial charge is 0.489 e. The summed E-state index contributed by atoms with van der Waals surface area (Å²) in [7, 11) is 0. The van der Waals surface area contributed by atoms with Gasteiger partial charge in [0, 0.05) is 0 Å². The molecule has 7 nitrogen and oxygen atoms in total. The first kappa shape index (κ1) is 19.5. The van der Waals surface area contributed by atoms with Crippen LogP contribution in [0.3, 0.4) is 0 Å². The summed E-state index contributed by atoms with van der Waals surface area (Å²) in [5.74, 6) is 0.279. The van der Waals surface area contributed by atoms with Gasteiger partial charge in [0.15, 0.2) is 17.6 Å². The molecule has 0 radical (unpaired) electrons. The Morgan fingerprint density at radius 2 is 2.22 bits per heavy atom. The second-order valence-electron chi connectivity index (χ2n) is 4.97. The molecule has 8 heteroatoms. The highest BCUT2D eigenvalue weighted by molar-refractivity contribution is 14.1. The zero-order chi connectivity index (χ0) is 17.4. The van der Waals surface area contributed by atoms with E-state index < -0.39 is 12.0 Å². The highest BCUT2D eigenvalue weighted by Gasteiger charge is 2.18. The van der Waals surface area contributed by atoms with Crippen LogP contribution >= 0.6 is 22.6 Å². The van der Waals surface area contributed by atoms with Crippen molar-refractivity contribution in [2.75, 3.05) is 6.61 Å². The molecular weight excluding hydrogens is 415 g/mol. The number of nitrogens with zero attached hydrogens (tertiary/aromatic N) is 1. The minimum Gasteiger partial charge on any atom is -0.489 e. The second-order valence-corrected chi connectivity index (χ2v) is 6.13. The quantitative estimate of drug-likeness (QED) is 0.192. The lowest BCUT2D eigenvalue weighted by Crippen LogP contribution is -2.31. The van der Waals surface area contributed by atoms with Crippen molar-refractivity contribution in [2.45, 2.75) is 39.3 Å². The van der Waals surface area contributed by atoms with Crippen molar-refractivity contribution in [1.82, 2.24) is 5.06 Å². The van der Waals surface area contributed by atoms with Crippen molar-refractivity contribution < 1.29 is 24.3 Å². The molecule has 0 aliphatic rings. The van der Waals surface area contributed by atoms with Gasteiger partial charge < -0.3 is 15.2 Å². The lowest BCUT2D eigenvalue weighted by molar-refractivity contribution is -0.152. The van der Waals surface area contributed by atoms with Crippen molar-refractivity contribution >= 4 is 34.9 Å². The Morgan fingerprint density at radius 1 is 1.52 bits per heavy atom. The molecule has 128 valence electrons. The number of benzene rings is 1. The summed E-state index contributed by atoms with van der Waals surface area (Å²) in [5.41, 5.74) is 5.87. The summed E-state index contributed by atoms with van der Waals surface area (Å²) in [6, 6.07) is 3.39. The molecule has 0 heterocycles. The van der Waals surface area contributed by atoms with Gasteiger partial charge in [0.25, 0.3) is 5.91 Å². The summed E-state index contributed by atoms with van der Waals surface area (Å²) < 4.78 is 12.1. The van der Waals surface area contributed by atoms with E-state index in [4.69, 9.17) is 15.2 Å². The molecule has 3 N–H and O–H groups in total. The number of amides is 2. The number of carbonyl (C=O) groups excluding carboxylic acids is 2. The smallest absolute Gasteiger partial charge is 0.258 e. The number of primary amides is 1. The van der Waals surface area contributed by atoms with Crippen LogP contribution in [0.15, 0.2) is 12.1 Å². The molecule has 0 aliphatic heterocycles. The van der Waals surface area contributed by atoms with Crippen molar-refractivity contribution in [3.63, 3.8) is 0 Å². The number of hydrogen-bond donors (Lipinski definition) is 2. The van der Waals surface area contributed by atoms with Crippen LogP contribution in [-0.4, -0.2) is 35.3 Å². The fourth-order valence-corrected chi connectivity index (χ4v) is 2.55. The van der Waals surface area contributed by atoms with Crippen LogP contribution in [0.1, 0.15) is 32.3 Å². The number of halogens is 1. The van der Waals surface area contributed by atoms with Crippen LogP contribution in [0, 0.1) is 3.57 Å². The van der Waals surface area contributed by atoms with Crippen LogP contribution in [0.25, 0.3) is 0 Å². The standard InChI is InChI=1S/C15H21IN2O5/c1-3-4-5-22-14-12(16)6-11(8-18(21)9-19)7-13(14)23-10(2)15(17)20/h6-7,9-10,21H,3-5,8H2,1-2H3,(H2,17,20). The molecule has 1 rings (SSSR count). The lowest BCUT2D eigenvalue weighted by Gasteiger charge is -2.19. The van der Waals surface area contributed by atoms with Crippen molar-refractivity contribution in [3.8, 4) is 11.5 Å². The maximum absolute atomic E-state index is 11.2. The van der Waals surface area contributed by atoms with Gasteiger partial charge in [-0.3, -0.25) is 14.8 Å². The van der Waals surface area contributed by atoms with Crippen molar-refractivity contribution in [3.05, 3.63) is 21.3 Å². The fourth-order valence-electron chi connectivity index (χ4n) is 1.73. The van der Waals surface area contributed by atoms with Gasteiger partial charge in [-0.25, -0.2) is 5.06 Å². The summed E-state index contributed by atoms with van der Waals surface area (Å²) in [6.45, 7) is 4.12. The third-order valence-corrected chi connectivity index (χ3v) is 3.79. The molecule has 1 atom stereocenters. The fraction of sp³-hybridized carbons (Fsp3) is 0.467. The van der Waals surface area contributed by atoms with Crippen LogP contribution < -0.4 is 15.2 Å². The average molecular weight is 436 g/mol. The lowest BCUT2D eigenvalue weighted by atomic mass is 10.2. The zero-order valence-corrected chi connectivity index (χ0v) is 15.3. The number of carbonyl (C=O) groups is 2. The van der Waals surface area contributed by atoms with Crippen molar-refractivity contribution in [1.29, 1.82) is 0 Å². The Balaban J connectivity index is 3.10. The number of rotatable bonds is 10. The van der Waals surface area contributed by atoms with E-state index in [-0.39, 0.29) is 6.54 Å². The van der Waals surface area contributed by atoms with Gasteiger partial charge in [-0.2, -0.15) is 0 Å². The molecule has 1 unspecified atom stereocenters. The van der Waals surface area contributed by atoms with E-state index in [0.29, 0.717) is 35.1 Å². The van der Waals surface area contributed by atoms with Gasteiger partial charge >= 0.3 is 0 Å². The van der Waals surface area contributed by atoms with Crippen LogP contribution in [-0.2, 0) is 16.1 Å². The van der Waals surface area contributed by atoms with Crippen LogP contribution in [0.5, 0.6) is 11.5 Å². The van der Waals surface area contributed by atoms with E-state index in [1.165, 1.54) is 0 Å². The van der Waals surface area contributed by atoms with E-state index in [2.05, 4.69) is 29.5 Å². The first-order valence-electron chi connectivity index (χ1n) is 7.21. The molecule has 0 bridgehead atoms. The Hall–Kier alpha value is -1.55. The van der Waals surface area contributed by atoms with Gasteiger partial charge in [-0.1, -0.05) is 13.3 Å². The Kier molecular flexibility index (Phi) is 8.10. The molecule has 23 heavy (non-hydrogen) atoms. The third kappa shape index (κ3) is 6.22. The maximum Gasteiger partial charge on any atom is 0.258 e. The number of nitrogens with two attached hydrogens (primary N) is 1. The second kappa shape index (κ2) is 9.56. The van der Waals surface area contributed by atoms with Crippen LogP contribution in [0.2, 0.25) is 0 Å². The normalized spacial score (nSPS) is 11.7. The molecule has 1 aromatic carbocycles. The van der Waals surface area contributed by atoms with Crippen LogP contribution in [0.4, 0.5) is 0 Å². The van der Waals surface area contributed by atoms with E-state index in [1.54, 1.807) is 19.1 Å². The number of hydroxylamine groups is 2. The molecule has 0 aliphatic carbocycles. The monoisotopic (exact) mass is 436 g/mol. The summed E-state index contributed by atoms with van der Waals surface area (Å²) in [4.78, 5) is 21.8. The predicted octanol–water partition coefficient (Wildman–Crippen LogP) is 2.07. The van der Waals surface area contributed by atoms with Gasteiger partial charge in [0.1, 0.15) is 0 Å². The molecule has 0 aromatic heterocycles. The molecule has 2 amide bonds. The molecule has 0 spiro atoms. The Morgan fingerprint density at radius 3 is 2.78 bits per heavy atom. The van der Waals surface area contributed by atoms with E-state index in [0.717, 1.165) is 16.4 Å². The Labute approximate surface area is 148 Å². The first-order chi connectivity index (χ1) is 10.9. The summed E-state index contributed by atoms with van der Waals surface area (Å²) in [5, 5.41) is 9.84. The van der Waals surface area contributed by atoms with E-state index in [1.807, 2.05) is 0 Å². The average Bonchev–Trinajstić information content (AvgIpc) is 2.49. The maximum atomic E-state index is 11.2. The minimum absolute atomic E-state index is 0.00391. The van der Waals surface area contributed by atoms with Gasteiger partial charge in [0.2, 0.25) is 6.41 Å². The minimum atomic E-state index is -0.828. The van der Waals surface area contributed by atoms with Gasteiger partial charge in [-0.15, -0.1) is 0 Å². The van der Waals surface area contributed by atoms with E-state index >= 15 is 0 Å². The molecule has 0 fully saturated rings. The number of ether oxygens (including phenoxy) is 2. The predicted molar refractivity (Wildman–Crippen MR) is 92.2 cm³/mol. The molecule has 0 saturated carbocycles. The molecule has 0 saturated heterocycles. The van der Waals surface area contributed by atoms with Crippen molar-refractivity contribution in [2.24, 2.45) is 5.73 Å². The zero-order valence-electron chi connectivity index (χ0n) is 13.1. The summed E-state index contributed by atoms with van der Waals surface area (Å²) >= 11 is 2.08. The third-order valence-electron chi connectivity index (χ3n) is 2.98. The SMILES string of the molecule is CCCCOc1c(I)cc(CN(O)C=O)cc1OC(C)C(N)=O. The van der Waals surface area contributed by atoms with E-state index in [9.17, 15) is 14.8 Å². The highest BCUT2D eigenvalue weighted by Crippen LogP contribution is 2.35. The molecule has 1 aromatic rings. The number of hydrogen-bond acceptors (Lipinski definition) is 5. The Bertz CT molecular complexity index is 553. The van der Waals surface area contributed by atoms with Gasteiger partial charge in [-0.05, 0) is 53.6 Å². The summed E-state index contributed by atoms with van der Waals surface area (Å²) in [6.07, 6.45) is 1.36. The van der Waals surface area contributed by atoms with Gasteiger partial charge in [0.05, 0.1) is 16.7 Å².